The van der Waals surface area contributed by atoms with Crippen LogP contribution in [0.15, 0.2) is 6.33 Å². The minimum absolute atomic E-state index is 0.0923. The Bertz CT molecular complexity index is 628. The number of morpholine rings is 1. The van der Waals surface area contributed by atoms with Crippen LogP contribution in [0.1, 0.15) is 0 Å². The average Bonchev–Trinajstić information content (AvgIpc) is 2.45. The molecule has 0 unspecified atom stereocenters. The second-order valence-electron chi connectivity index (χ2n) is 5.53. The number of anilines is 2. The predicted molar refractivity (Wildman–Crippen MR) is 81.5 cm³/mol. The summed E-state index contributed by atoms with van der Waals surface area (Å²) in [4.78, 5) is 16.9. The van der Waals surface area contributed by atoms with Crippen LogP contribution in [0.3, 0.4) is 0 Å². The zero-order valence-electron chi connectivity index (χ0n) is 12.7. The number of nitrogens with zero attached hydrogens (tertiary/aromatic N) is 6. The standard InChI is InChI=1S/C12H20N6O3S/c1-16(10-7-18(8-10)22(2,19)20)11-13-9-14-12(15-11)17-3-5-21-6-4-17/h9-10H,3-8H2,1-2H3. The lowest BCUT2D eigenvalue weighted by atomic mass is 10.1. The van der Waals surface area contributed by atoms with Gasteiger partial charge in [-0.15, -0.1) is 0 Å². The van der Waals surface area contributed by atoms with Crippen molar-refractivity contribution in [1.82, 2.24) is 19.3 Å². The molecule has 2 fully saturated rings. The zero-order chi connectivity index (χ0) is 15.7. The molecule has 22 heavy (non-hydrogen) atoms. The van der Waals surface area contributed by atoms with E-state index in [0.29, 0.717) is 38.2 Å². The zero-order valence-corrected chi connectivity index (χ0v) is 13.5. The lowest BCUT2D eigenvalue weighted by Gasteiger charge is -2.42. The number of hydrogen-bond donors (Lipinski definition) is 0. The molecule has 3 rings (SSSR count). The Hall–Kier alpha value is -1.52. The second-order valence-corrected chi connectivity index (χ2v) is 7.51. The molecule has 1 aromatic heterocycles. The van der Waals surface area contributed by atoms with Gasteiger partial charge in [0.25, 0.3) is 0 Å². The highest BCUT2D eigenvalue weighted by atomic mass is 32.2. The fourth-order valence-corrected chi connectivity index (χ4v) is 3.35. The van der Waals surface area contributed by atoms with Crippen molar-refractivity contribution in [2.75, 3.05) is 62.5 Å². The highest BCUT2D eigenvalue weighted by Gasteiger charge is 2.36. The van der Waals surface area contributed by atoms with Crippen LogP contribution in [-0.4, -0.2) is 86.4 Å². The van der Waals surface area contributed by atoms with Crippen LogP contribution < -0.4 is 9.80 Å². The van der Waals surface area contributed by atoms with Crippen LogP contribution in [0.4, 0.5) is 11.9 Å². The Kier molecular flexibility index (Phi) is 4.15. The molecule has 122 valence electrons. The first-order valence-corrected chi connectivity index (χ1v) is 8.99. The summed E-state index contributed by atoms with van der Waals surface area (Å²) < 4.78 is 29.6. The van der Waals surface area contributed by atoms with Gasteiger partial charge in [-0.3, -0.25) is 0 Å². The van der Waals surface area contributed by atoms with Crippen molar-refractivity contribution in [2.24, 2.45) is 0 Å². The predicted octanol–water partition coefficient (Wildman–Crippen LogP) is -1.21. The van der Waals surface area contributed by atoms with E-state index in [2.05, 4.69) is 19.9 Å². The van der Waals surface area contributed by atoms with E-state index in [4.69, 9.17) is 4.74 Å². The van der Waals surface area contributed by atoms with Gasteiger partial charge >= 0.3 is 0 Å². The van der Waals surface area contributed by atoms with E-state index in [-0.39, 0.29) is 6.04 Å². The van der Waals surface area contributed by atoms with Gasteiger partial charge in [-0.1, -0.05) is 0 Å². The molecule has 10 heteroatoms. The number of aromatic nitrogens is 3. The topological polar surface area (TPSA) is 91.8 Å². The Balaban J connectivity index is 1.67. The molecular weight excluding hydrogens is 308 g/mol. The molecule has 0 spiro atoms. The number of hydrogen-bond acceptors (Lipinski definition) is 8. The maximum atomic E-state index is 11.4. The third-order valence-corrected chi connectivity index (χ3v) is 5.24. The summed E-state index contributed by atoms with van der Waals surface area (Å²) in [5.41, 5.74) is 0. The van der Waals surface area contributed by atoms with Gasteiger partial charge in [-0.05, 0) is 0 Å². The molecule has 0 saturated carbocycles. The molecule has 0 bridgehead atoms. The van der Waals surface area contributed by atoms with E-state index in [1.54, 1.807) is 0 Å². The van der Waals surface area contributed by atoms with Crippen LogP contribution in [0.5, 0.6) is 0 Å². The largest absolute Gasteiger partial charge is 0.378 e. The third-order valence-electron chi connectivity index (χ3n) is 4.00. The molecule has 0 radical (unpaired) electrons. The Labute approximate surface area is 130 Å². The molecule has 2 aliphatic rings. The molecule has 0 aliphatic carbocycles. The molecule has 0 atom stereocenters. The SMILES string of the molecule is CN(c1ncnc(N2CCOCC2)n1)C1CN(S(C)(=O)=O)C1. The molecule has 9 nitrogen and oxygen atoms in total. The van der Waals surface area contributed by atoms with E-state index in [1.165, 1.54) is 16.9 Å². The maximum Gasteiger partial charge on any atom is 0.230 e. The van der Waals surface area contributed by atoms with Gasteiger partial charge in [-0.2, -0.15) is 9.29 Å². The maximum absolute atomic E-state index is 11.4. The normalized spacial score (nSPS) is 20.7. The first-order valence-electron chi connectivity index (χ1n) is 7.15. The van der Waals surface area contributed by atoms with Crippen molar-refractivity contribution in [2.45, 2.75) is 6.04 Å². The highest BCUT2D eigenvalue weighted by Crippen LogP contribution is 2.21. The smallest absolute Gasteiger partial charge is 0.230 e. The van der Waals surface area contributed by atoms with Gasteiger partial charge in [0.15, 0.2) is 0 Å². The van der Waals surface area contributed by atoms with Crippen molar-refractivity contribution in [1.29, 1.82) is 0 Å². The van der Waals surface area contributed by atoms with Gasteiger partial charge in [0.1, 0.15) is 6.33 Å². The Morgan fingerprint density at radius 3 is 2.59 bits per heavy atom. The van der Waals surface area contributed by atoms with Crippen molar-refractivity contribution in [3.8, 4) is 0 Å². The van der Waals surface area contributed by atoms with E-state index < -0.39 is 10.0 Å². The number of rotatable bonds is 4. The van der Waals surface area contributed by atoms with Crippen LogP contribution in [-0.2, 0) is 14.8 Å². The summed E-state index contributed by atoms with van der Waals surface area (Å²) in [5, 5.41) is 0. The summed E-state index contributed by atoms with van der Waals surface area (Å²) in [6.45, 7) is 3.80. The molecule has 2 aliphatic heterocycles. The first kappa shape index (κ1) is 15.4. The number of sulfonamides is 1. The highest BCUT2D eigenvalue weighted by molar-refractivity contribution is 7.88. The minimum atomic E-state index is -3.11. The fraction of sp³-hybridized carbons (Fsp3) is 0.750. The van der Waals surface area contributed by atoms with E-state index >= 15 is 0 Å². The van der Waals surface area contributed by atoms with Crippen LogP contribution in [0, 0.1) is 0 Å². The quantitative estimate of drug-likeness (QED) is 0.680. The van der Waals surface area contributed by atoms with Gasteiger partial charge in [0, 0.05) is 33.2 Å². The Morgan fingerprint density at radius 1 is 1.27 bits per heavy atom. The first-order chi connectivity index (χ1) is 10.4. The number of ether oxygens (including phenoxy) is 1. The van der Waals surface area contributed by atoms with Crippen LogP contribution in [0.2, 0.25) is 0 Å². The fourth-order valence-electron chi connectivity index (χ4n) is 2.46. The second kappa shape index (κ2) is 5.94. The average molecular weight is 328 g/mol. The minimum Gasteiger partial charge on any atom is -0.378 e. The molecular formula is C12H20N6O3S. The van der Waals surface area contributed by atoms with Crippen LogP contribution >= 0.6 is 0 Å². The van der Waals surface area contributed by atoms with Crippen molar-refractivity contribution >= 4 is 21.9 Å². The number of likely N-dealkylation sites (N-methyl/N-ethyl adjacent to an activating group) is 1. The summed E-state index contributed by atoms with van der Waals surface area (Å²) in [6, 6.07) is 0.0923. The van der Waals surface area contributed by atoms with Crippen molar-refractivity contribution < 1.29 is 13.2 Å². The monoisotopic (exact) mass is 328 g/mol. The van der Waals surface area contributed by atoms with Crippen LogP contribution in [0.25, 0.3) is 0 Å². The van der Waals surface area contributed by atoms with Crippen molar-refractivity contribution in [3.05, 3.63) is 6.33 Å². The van der Waals surface area contributed by atoms with Crippen molar-refractivity contribution in [3.63, 3.8) is 0 Å². The molecule has 0 amide bonds. The molecule has 3 heterocycles. The van der Waals surface area contributed by atoms with Gasteiger partial charge in [0.2, 0.25) is 21.9 Å². The Morgan fingerprint density at radius 2 is 1.95 bits per heavy atom. The van der Waals surface area contributed by atoms with E-state index in [9.17, 15) is 8.42 Å². The van der Waals surface area contributed by atoms with E-state index in [0.717, 1.165) is 13.1 Å². The molecule has 2 saturated heterocycles. The van der Waals surface area contributed by atoms with Gasteiger partial charge in [-0.25, -0.2) is 18.4 Å². The van der Waals surface area contributed by atoms with Gasteiger partial charge in [0.05, 0.1) is 25.5 Å². The summed E-state index contributed by atoms with van der Waals surface area (Å²) in [5.74, 6) is 1.20. The lowest BCUT2D eigenvalue weighted by Crippen LogP contribution is -2.60. The van der Waals surface area contributed by atoms with E-state index in [1.807, 2.05) is 11.9 Å². The molecule has 0 N–H and O–H groups in total. The molecule has 1 aromatic rings. The third kappa shape index (κ3) is 3.13. The lowest BCUT2D eigenvalue weighted by molar-refractivity contribution is 0.122. The summed E-state index contributed by atoms with van der Waals surface area (Å²) in [7, 11) is -1.23. The summed E-state index contributed by atoms with van der Waals surface area (Å²) in [6.07, 6.45) is 2.72. The summed E-state index contributed by atoms with van der Waals surface area (Å²) >= 11 is 0. The van der Waals surface area contributed by atoms with Gasteiger partial charge < -0.3 is 14.5 Å². The molecule has 0 aromatic carbocycles.